The number of hydrogen-bond donors (Lipinski definition) is 0. The van der Waals surface area contributed by atoms with Gasteiger partial charge in [0.15, 0.2) is 0 Å². The highest BCUT2D eigenvalue weighted by Crippen LogP contribution is 2.29. The third kappa shape index (κ3) is 4.32. The molecule has 5 nitrogen and oxygen atoms in total. The Morgan fingerprint density at radius 2 is 2.04 bits per heavy atom. The first-order valence-corrected chi connectivity index (χ1v) is 8.46. The van der Waals surface area contributed by atoms with Gasteiger partial charge in [0.05, 0.1) is 12.3 Å². The van der Waals surface area contributed by atoms with Crippen molar-refractivity contribution in [2.75, 3.05) is 13.2 Å². The molecule has 2 heterocycles. The zero-order valence-electron chi connectivity index (χ0n) is 13.9. The van der Waals surface area contributed by atoms with Crippen LogP contribution < -0.4 is 4.74 Å². The molecule has 1 aliphatic rings. The second kappa shape index (κ2) is 7.59. The van der Waals surface area contributed by atoms with Crippen molar-refractivity contribution in [3.63, 3.8) is 0 Å². The van der Waals surface area contributed by atoms with E-state index in [2.05, 4.69) is 10.3 Å². The molecule has 0 aliphatic carbocycles. The Hall–Kier alpha value is -1.88. The minimum atomic E-state index is 0.139. The van der Waals surface area contributed by atoms with Crippen molar-refractivity contribution < 1.29 is 9.47 Å². The summed E-state index contributed by atoms with van der Waals surface area (Å²) in [7, 11) is 0. The Labute approximate surface area is 137 Å². The second-order valence-electron chi connectivity index (χ2n) is 6.37. The summed E-state index contributed by atoms with van der Waals surface area (Å²) in [5.74, 6) is 1.60. The summed E-state index contributed by atoms with van der Waals surface area (Å²) in [6, 6.07) is 8.00. The maximum absolute atomic E-state index is 5.87. The average molecular weight is 315 g/mol. The molecule has 0 saturated carbocycles. The normalized spacial score (nSPS) is 16.0. The number of para-hydroxylation sites is 1. The van der Waals surface area contributed by atoms with Gasteiger partial charge in [0.1, 0.15) is 11.4 Å². The third-order valence-electron chi connectivity index (χ3n) is 4.17. The Morgan fingerprint density at radius 1 is 1.26 bits per heavy atom. The van der Waals surface area contributed by atoms with Gasteiger partial charge >= 0.3 is 0 Å². The standard InChI is InChI=1S/C18H25N3O2/c1-14(2)23-18-6-4-3-5-16(18)17-13-21(20-19-17)10-7-15-8-11-22-12-9-15/h3-6,13-15H,7-12H2,1-2H3. The predicted molar refractivity (Wildman–Crippen MR) is 89.4 cm³/mol. The van der Waals surface area contributed by atoms with Gasteiger partial charge in [-0.3, -0.25) is 4.68 Å². The lowest BCUT2D eigenvalue weighted by molar-refractivity contribution is 0.0622. The fraction of sp³-hybridized carbons (Fsp3) is 0.556. The highest BCUT2D eigenvalue weighted by molar-refractivity contribution is 5.66. The van der Waals surface area contributed by atoms with Crippen LogP contribution in [0.5, 0.6) is 5.75 Å². The summed E-state index contributed by atoms with van der Waals surface area (Å²) in [6.45, 7) is 6.76. The number of nitrogens with zero attached hydrogens (tertiary/aromatic N) is 3. The topological polar surface area (TPSA) is 49.2 Å². The number of ether oxygens (including phenoxy) is 2. The summed E-state index contributed by atoms with van der Waals surface area (Å²) >= 11 is 0. The molecule has 23 heavy (non-hydrogen) atoms. The third-order valence-corrected chi connectivity index (χ3v) is 4.17. The molecule has 5 heteroatoms. The molecule has 0 atom stereocenters. The molecule has 1 aromatic carbocycles. The number of aromatic nitrogens is 3. The fourth-order valence-electron chi connectivity index (χ4n) is 2.92. The van der Waals surface area contributed by atoms with Crippen molar-refractivity contribution in [3.05, 3.63) is 30.5 Å². The van der Waals surface area contributed by atoms with E-state index in [1.807, 2.05) is 49.0 Å². The van der Waals surface area contributed by atoms with E-state index >= 15 is 0 Å². The minimum absolute atomic E-state index is 0.139. The van der Waals surface area contributed by atoms with Gasteiger partial charge in [0.25, 0.3) is 0 Å². The molecule has 0 radical (unpaired) electrons. The van der Waals surface area contributed by atoms with Crippen molar-refractivity contribution in [1.82, 2.24) is 15.0 Å². The molecule has 1 aliphatic heterocycles. The molecule has 1 aromatic heterocycles. The average Bonchev–Trinajstić information content (AvgIpc) is 3.03. The van der Waals surface area contributed by atoms with E-state index in [-0.39, 0.29) is 6.10 Å². The first kappa shape index (κ1) is 16.0. The lowest BCUT2D eigenvalue weighted by Gasteiger charge is -2.21. The van der Waals surface area contributed by atoms with Crippen molar-refractivity contribution >= 4 is 0 Å². The van der Waals surface area contributed by atoms with Crippen molar-refractivity contribution in [3.8, 4) is 17.0 Å². The van der Waals surface area contributed by atoms with Crippen LogP contribution in [0, 0.1) is 5.92 Å². The summed E-state index contributed by atoms with van der Waals surface area (Å²) in [6.07, 6.45) is 5.61. The molecule has 0 spiro atoms. The zero-order chi connectivity index (χ0) is 16.1. The van der Waals surface area contributed by atoms with Crippen LogP contribution in [0.4, 0.5) is 0 Å². The van der Waals surface area contributed by atoms with Crippen LogP contribution in [0.25, 0.3) is 11.3 Å². The van der Waals surface area contributed by atoms with E-state index in [4.69, 9.17) is 9.47 Å². The first-order valence-electron chi connectivity index (χ1n) is 8.46. The molecular weight excluding hydrogens is 290 g/mol. The van der Waals surface area contributed by atoms with Crippen LogP contribution in [0.2, 0.25) is 0 Å². The van der Waals surface area contributed by atoms with Gasteiger partial charge in [-0.25, -0.2) is 0 Å². The molecule has 2 aromatic rings. The predicted octanol–water partition coefficient (Wildman–Crippen LogP) is 3.55. The number of aryl methyl sites for hydroxylation is 1. The van der Waals surface area contributed by atoms with E-state index in [0.717, 1.165) is 61.9 Å². The van der Waals surface area contributed by atoms with E-state index < -0.39 is 0 Å². The molecule has 1 fully saturated rings. The number of benzene rings is 1. The highest BCUT2D eigenvalue weighted by Gasteiger charge is 2.15. The maximum Gasteiger partial charge on any atom is 0.129 e. The van der Waals surface area contributed by atoms with Gasteiger partial charge in [-0.1, -0.05) is 17.3 Å². The van der Waals surface area contributed by atoms with Crippen LogP contribution in [0.3, 0.4) is 0 Å². The summed E-state index contributed by atoms with van der Waals surface area (Å²) in [5, 5.41) is 8.60. The summed E-state index contributed by atoms with van der Waals surface area (Å²) < 4.78 is 13.2. The fourth-order valence-corrected chi connectivity index (χ4v) is 2.92. The van der Waals surface area contributed by atoms with Crippen LogP contribution >= 0.6 is 0 Å². The minimum Gasteiger partial charge on any atom is -0.490 e. The van der Waals surface area contributed by atoms with Crippen molar-refractivity contribution in [2.45, 2.75) is 45.8 Å². The SMILES string of the molecule is CC(C)Oc1ccccc1-c1cn(CCC2CCOCC2)nn1. The van der Waals surface area contributed by atoms with E-state index in [1.165, 1.54) is 0 Å². The lowest BCUT2D eigenvalue weighted by Crippen LogP contribution is -2.17. The zero-order valence-corrected chi connectivity index (χ0v) is 13.9. The number of rotatable bonds is 6. The second-order valence-corrected chi connectivity index (χ2v) is 6.37. The monoisotopic (exact) mass is 315 g/mol. The van der Waals surface area contributed by atoms with Crippen molar-refractivity contribution in [1.29, 1.82) is 0 Å². The first-order chi connectivity index (χ1) is 11.2. The Bertz CT molecular complexity index is 618. The van der Waals surface area contributed by atoms with Crippen LogP contribution in [-0.4, -0.2) is 34.3 Å². The highest BCUT2D eigenvalue weighted by atomic mass is 16.5. The van der Waals surface area contributed by atoms with Gasteiger partial charge in [-0.05, 0) is 51.2 Å². The molecule has 124 valence electrons. The molecule has 0 bridgehead atoms. The van der Waals surface area contributed by atoms with Crippen LogP contribution in [-0.2, 0) is 11.3 Å². The Morgan fingerprint density at radius 3 is 2.83 bits per heavy atom. The van der Waals surface area contributed by atoms with E-state index in [1.54, 1.807) is 0 Å². The van der Waals surface area contributed by atoms with Crippen LogP contribution in [0.1, 0.15) is 33.1 Å². The smallest absolute Gasteiger partial charge is 0.129 e. The van der Waals surface area contributed by atoms with Gasteiger partial charge in [0.2, 0.25) is 0 Å². The van der Waals surface area contributed by atoms with Gasteiger partial charge in [-0.15, -0.1) is 5.10 Å². The number of hydrogen-bond acceptors (Lipinski definition) is 4. The molecule has 0 amide bonds. The Balaban J connectivity index is 1.67. The lowest BCUT2D eigenvalue weighted by atomic mass is 9.97. The van der Waals surface area contributed by atoms with Gasteiger partial charge in [0, 0.05) is 25.3 Å². The molecule has 0 unspecified atom stereocenters. The van der Waals surface area contributed by atoms with Crippen molar-refractivity contribution in [2.24, 2.45) is 5.92 Å². The molecule has 0 N–H and O–H groups in total. The van der Waals surface area contributed by atoms with Gasteiger partial charge in [-0.2, -0.15) is 0 Å². The molecule has 1 saturated heterocycles. The van der Waals surface area contributed by atoms with E-state index in [0.29, 0.717) is 0 Å². The van der Waals surface area contributed by atoms with E-state index in [9.17, 15) is 0 Å². The maximum atomic E-state index is 5.87. The Kier molecular flexibility index (Phi) is 5.28. The van der Waals surface area contributed by atoms with Gasteiger partial charge < -0.3 is 9.47 Å². The summed E-state index contributed by atoms with van der Waals surface area (Å²) in [5.41, 5.74) is 1.87. The molecule has 3 rings (SSSR count). The quantitative estimate of drug-likeness (QED) is 0.818. The molecular formula is C18H25N3O2. The van der Waals surface area contributed by atoms with Crippen LogP contribution in [0.15, 0.2) is 30.5 Å². The largest absolute Gasteiger partial charge is 0.490 e. The summed E-state index contributed by atoms with van der Waals surface area (Å²) in [4.78, 5) is 0.